The largest absolute Gasteiger partial charge is 0.457 e. The standard InChI is InChI=1S/C36H36N2O4.CH4/c1-4-25-13-9-10-16-30(25)29(5-2)34-33(31-17-11-12-18-32(31)36(40)38(34)23-24-41-3)35(39)37-26-19-21-28(22-20-26)42-27-14-7-6-8-15-27;/h5-22,33-34H,4,23-24H2,1-3H3,(H,37,39);1H4/b29-5+;. The zero-order chi connectivity index (χ0) is 29.5. The normalized spacial score (nSPS) is 16.2. The number of hydrogen-bond donors (Lipinski definition) is 1. The first kappa shape index (κ1) is 31.3. The van der Waals surface area contributed by atoms with Gasteiger partial charge in [0.25, 0.3) is 5.91 Å². The molecule has 0 bridgehead atoms. The SMILES string of the molecule is C.C/C=C(\c1ccccc1CC)C1C(C(=O)Nc2ccc(Oc3ccccc3)cc2)c2ccccc2C(=O)N1CCOC. The number of aryl methyl sites for hydroxylation is 1. The van der Waals surface area contributed by atoms with Crippen molar-refractivity contribution in [3.63, 3.8) is 0 Å². The third kappa shape index (κ3) is 6.71. The lowest BCUT2D eigenvalue weighted by Crippen LogP contribution is -2.52. The molecule has 4 aromatic carbocycles. The maximum Gasteiger partial charge on any atom is 0.254 e. The van der Waals surface area contributed by atoms with Crippen molar-refractivity contribution in [1.82, 2.24) is 4.90 Å². The van der Waals surface area contributed by atoms with E-state index in [1.165, 1.54) is 0 Å². The highest BCUT2D eigenvalue weighted by molar-refractivity contribution is 6.06. The monoisotopic (exact) mass is 576 g/mol. The summed E-state index contributed by atoms with van der Waals surface area (Å²) in [5, 5.41) is 3.13. The van der Waals surface area contributed by atoms with Crippen molar-refractivity contribution in [2.45, 2.75) is 39.7 Å². The van der Waals surface area contributed by atoms with Gasteiger partial charge in [0.05, 0.1) is 18.6 Å². The van der Waals surface area contributed by atoms with Crippen molar-refractivity contribution >= 4 is 23.1 Å². The third-order valence-corrected chi connectivity index (χ3v) is 7.70. The molecule has 0 radical (unpaired) electrons. The quantitative estimate of drug-likeness (QED) is 0.208. The molecule has 0 spiro atoms. The van der Waals surface area contributed by atoms with E-state index in [0.717, 1.165) is 34.4 Å². The molecule has 222 valence electrons. The molecule has 0 saturated carbocycles. The number of anilines is 1. The van der Waals surface area contributed by atoms with Crippen LogP contribution < -0.4 is 10.1 Å². The number of carbonyl (C=O) groups is 2. The minimum Gasteiger partial charge on any atom is -0.457 e. The first-order valence-corrected chi connectivity index (χ1v) is 14.3. The number of para-hydroxylation sites is 1. The Morgan fingerprint density at radius 2 is 1.53 bits per heavy atom. The number of ether oxygens (including phenoxy) is 2. The number of nitrogens with zero attached hydrogens (tertiary/aromatic N) is 1. The second-order valence-electron chi connectivity index (χ2n) is 10.2. The molecule has 43 heavy (non-hydrogen) atoms. The highest BCUT2D eigenvalue weighted by atomic mass is 16.5. The highest BCUT2D eigenvalue weighted by Gasteiger charge is 2.45. The van der Waals surface area contributed by atoms with Gasteiger partial charge in [-0.15, -0.1) is 0 Å². The van der Waals surface area contributed by atoms with Gasteiger partial charge in [-0.2, -0.15) is 0 Å². The lowest BCUT2D eigenvalue weighted by atomic mass is 9.76. The average molecular weight is 577 g/mol. The van der Waals surface area contributed by atoms with Crippen LogP contribution in [-0.2, 0) is 16.0 Å². The van der Waals surface area contributed by atoms with E-state index in [2.05, 4.69) is 24.4 Å². The van der Waals surface area contributed by atoms with Gasteiger partial charge in [0, 0.05) is 24.9 Å². The fourth-order valence-electron chi connectivity index (χ4n) is 5.70. The average Bonchev–Trinajstić information content (AvgIpc) is 3.03. The molecule has 0 saturated heterocycles. The fraction of sp³-hybridized carbons (Fsp3) is 0.243. The zero-order valence-electron chi connectivity index (χ0n) is 24.2. The van der Waals surface area contributed by atoms with Crippen LogP contribution in [0.25, 0.3) is 5.57 Å². The van der Waals surface area contributed by atoms with Crippen molar-refractivity contribution in [2.24, 2.45) is 0 Å². The van der Waals surface area contributed by atoms with Gasteiger partial charge in [0.1, 0.15) is 11.5 Å². The molecular formula is C37H40N2O4. The molecular weight excluding hydrogens is 536 g/mol. The van der Waals surface area contributed by atoms with Crippen molar-refractivity contribution in [1.29, 1.82) is 0 Å². The molecule has 0 aliphatic carbocycles. The molecule has 0 aromatic heterocycles. The van der Waals surface area contributed by atoms with Crippen LogP contribution in [0, 0.1) is 0 Å². The molecule has 1 aliphatic rings. The summed E-state index contributed by atoms with van der Waals surface area (Å²) in [6.45, 7) is 4.80. The second kappa shape index (κ2) is 14.5. The number of allylic oxidation sites excluding steroid dienone is 1. The number of methoxy groups -OCH3 is 1. The Morgan fingerprint density at radius 1 is 0.884 bits per heavy atom. The number of hydrogen-bond acceptors (Lipinski definition) is 4. The molecule has 0 fully saturated rings. The highest BCUT2D eigenvalue weighted by Crippen LogP contribution is 2.41. The van der Waals surface area contributed by atoms with E-state index in [0.29, 0.717) is 30.2 Å². The predicted molar refractivity (Wildman–Crippen MR) is 174 cm³/mol. The third-order valence-electron chi connectivity index (χ3n) is 7.70. The van der Waals surface area contributed by atoms with E-state index in [-0.39, 0.29) is 19.2 Å². The number of rotatable bonds is 10. The van der Waals surface area contributed by atoms with Crippen LogP contribution in [0.5, 0.6) is 11.5 Å². The maximum absolute atomic E-state index is 14.3. The van der Waals surface area contributed by atoms with E-state index in [1.54, 1.807) is 18.1 Å². The summed E-state index contributed by atoms with van der Waals surface area (Å²) in [6, 6.07) is 32.0. The van der Waals surface area contributed by atoms with Gasteiger partial charge in [-0.3, -0.25) is 9.59 Å². The van der Waals surface area contributed by atoms with Crippen LogP contribution in [-0.4, -0.2) is 43.0 Å². The smallest absolute Gasteiger partial charge is 0.254 e. The molecule has 1 aliphatic heterocycles. The number of fused-ring (bicyclic) bond motifs is 1. The van der Waals surface area contributed by atoms with Crippen LogP contribution in [0.3, 0.4) is 0 Å². The second-order valence-corrected chi connectivity index (χ2v) is 10.2. The van der Waals surface area contributed by atoms with Crippen LogP contribution in [0.1, 0.15) is 54.2 Å². The molecule has 4 aromatic rings. The van der Waals surface area contributed by atoms with Crippen LogP contribution in [0.2, 0.25) is 0 Å². The summed E-state index contributed by atoms with van der Waals surface area (Å²) in [6.07, 6.45) is 2.87. The lowest BCUT2D eigenvalue weighted by molar-refractivity contribution is -0.118. The lowest BCUT2D eigenvalue weighted by Gasteiger charge is -2.43. The molecule has 1 heterocycles. The molecule has 6 nitrogen and oxygen atoms in total. The van der Waals surface area contributed by atoms with Crippen LogP contribution in [0.4, 0.5) is 5.69 Å². The summed E-state index contributed by atoms with van der Waals surface area (Å²) in [5.74, 6) is 0.471. The molecule has 5 rings (SSSR count). The summed E-state index contributed by atoms with van der Waals surface area (Å²) >= 11 is 0. The molecule has 2 unspecified atom stereocenters. The Balaban J connectivity index is 0.00000423. The molecule has 1 N–H and O–H groups in total. The van der Waals surface area contributed by atoms with Gasteiger partial charge in [-0.1, -0.05) is 81.1 Å². The number of nitrogens with one attached hydrogen (secondary N) is 1. The van der Waals surface area contributed by atoms with E-state index in [9.17, 15) is 9.59 Å². The topological polar surface area (TPSA) is 67.9 Å². The Kier molecular flexibility index (Phi) is 10.5. The molecule has 2 amide bonds. The van der Waals surface area contributed by atoms with Gasteiger partial charge >= 0.3 is 0 Å². The summed E-state index contributed by atoms with van der Waals surface area (Å²) in [5.41, 5.74) is 5.05. The van der Waals surface area contributed by atoms with Crippen LogP contribution >= 0.6 is 0 Å². The molecule has 2 atom stereocenters. The maximum atomic E-state index is 14.3. The van der Waals surface area contributed by atoms with Gasteiger partial charge < -0.3 is 19.7 Å². The van der Waals surface area contributed by atoms with Crippen molar-refractivity contribution in [2.75, 3.05) is 25.6 Å². The van der Waals surface area contributed by atoms with E-state index in [4.69, 9.17) is 9.47 Å². The first-order chi connectivity index (χ1) is 20.5. The van der Waals surface area contributed by atoms with E-state index < -0.39 is 12.0 Å². The number of benzene rings is 4. The number of carbonyl (C=O) groups excluding carboxylic acids is 2. The number of amides is 2. The minimum atomic E-state index is -0.646. The van der Waals surface area contributed by atoms with Gasteiger partial charge in [0.15, 0.2) is 0 Å². The predicted octanol–water partition coefficient (Wildman–Crippen LogP) is 7.97. The summed E-state index contributed by atoms with van der Waals surface area (Å²) in [4.78, 5) is 30.1. The van der Waals surface area contributed by atoms with Crippen LogP contribution in [0.15, 0.2) is 109 Å². The van der Waals surface area contributed by atoms with Crippen molar-refractivity contribution in [3.05, 3.63) is 131 Å². The van der Waals surface area contributed by atoms with Crippen molar-refractivity contribution < 1.29 is 19.1 Å². The Labute approximate surface area is 255 Å². The first-order valence-electron chi connectivity index (χ1n) is 14.3. The van der Waals surface area contributed by atoms with Crippen molar-refractivity contribution in [3.8, 4) is 11.5 Å². The summed E-state index contributed by atoms with van der Waals surface area (Å²) < 4.78 is 11.3. The summed E-state index contributed by atoms with van der Waals surface area (Å²) in [7, 11) is 1.62. The van der Waals surface area contributed by atoms with Gasteiger partial charge in [-0.05, 0) is 78.1 Å². The van der Waals surface area contributed by atoms with Gasteiger partial charge in [0.2, 0.25) is 5.91 Å². The van der Waals surface area contributed by atoms with E-state index >= 15 is 0 Å². The van der Waals surface area contributed by atoms with E-state index in [1.807, 2.05) is 97.9 Å². The Bertz CT molecular complexity index is 1560. The minimum absolute atomic E-state index is 0. The molecule has 6 heteroatoms. The Morgan fingerprint density at radius 3 is 2.23 bits per heavy atom. The fourth-order valence-corrected chi connectivity index (χ4v) is 5.70. The zero-order valence-corrected chi connectivity index (χ0v) is 24.2. The Hall–Kier alpha value is -4.68. The van der Waals surface area contributed by atoms with Gasteiger partial charge in [-0.25, -0.2) is 0 Å².